The fourth-order valence-corrected chi connectivity index (χ4v) is 1.07. The van der Waals surface area contributed by atoms with Crippen molar-refractivity contribution in [3.8, 4) is 0 Å². The maximum Gasteiger partial charge on any atom is 0.283 e. The number of nitrogens with zero attached hydrogens (tertiary/aromatic N) is 1. The van der Waals surface area contributed by atoms with Gasteiger partial charge in [0.2, 0.25) is 0 Å². The number of nitrogens with one attached hydrogen (secondary N) is 1. The highest BCUT2D eigenvalue weighted by Gasteiger charge is 2.13. The fraction of sp³-hybridized carbons (Fsp3) is 0.200. The van der Waals surface area contributed by atoms with Crippen LogP contribution >= 0.6 is 0 Å². The van der Waals surface area contributed by atoms with E-state index in [4.69, 9.17) is 0 Å². The molecule has 3 nitrogen and oxygen atoms in total. The maximum atomic E-state index is 13.1. The zero-order valence-corrected chi connectivity index (χ0v) is 8.40. The first-order valence-corrected chi connectivity index (χ1v) is 4.21. The highest BCUT2D eigenvalue weighted by Crippen LogP contribution is 2.20. The van der Waals surface area contributed by atoms with E-state index < -0.39 is 17.6 Å². The predicted molar refractivity (Wildman–Crippen MR) is 52.5 cm³/mol. The molecule has 0 fully saturated rings. The Morgan fingerprint density at radius 3 is 2.67 bits per heavy atom. The van der Waals surface area contributed by atoms with Gasteiger partial charge in [-0.15, -0.1) is 0 Å². The van der Waals surface area contributed by atoms with Gasteiger partial charge in [0.25, 0.3) is 5.91 Å². The van der Waals surface area contributed by atoms with E-state index >= 15 is 0 Å². The van der Waals surface area contributed by atoms with Crippen molar-refractivity contribution >= 4 is 11.6 Å². The van der Waals surface area contributed by atoms with Gasteiger partial charge in [0.1, 0.15) is 5.82 Å². The Hall–Kier alpha value is -1.78. The molecule has 0 saturated carbocycles. The topological polar surface area (TPSA) is 42.0 Å². The summed E-state index contributed by atoms with van der Waals surface area (Å²) in [6.45, 7) is 5.90. The van der Waals surface area contributed by atoms with Gasteiger partial charge in [-0.2, -0.15) is 0 Å². The van der Waals surface area contributed by atoms with Gasteiger partial charge < -0.3 is 5.32 Å². The molecule has 0 aromatic carbocycles. The molecule has 1 N–H and O–H groups in total. The number of hydrogen-bond donors (Lipinski definition) is 1. The number of aromatic nitrogens is 1. The van der Waals surface area contributed by atoms with E-state index in [0.29, 0.717) is 5.69 Å². The second kappa shape index (κ2) is 4.16. The molecule has 0 saturated heterocycles. The number of amides is 1. The van der Waals surface area contributed by atoms with Gasteiger partial charge in [-0.3, -0.25) is 9.78 Å². The standard InChI is InChI=1S/C10H10F2N2O/c1-5-8(12)4-13-7(3)9(5)14-10(15)6(2)11/h4H,2H2,1,3H3,(H,14,15). The number of carbonyl (C=O) groups is 1. The van der Waals surface area contributed by atoms with Crippen molar-refractivity contribution in [1.82, 2.24) is 4.98 Å². The number of hydrogen-bond acceptors (Lipinski definition) is 2. The Kier molecular flexibility index (Phi) is 3.14. The van der Waals surface area contributed by atoms with Crippen LogP contribution in [-0.2, 0) is 4.79 Å². The number of aryl methyl sites for hydroxylation is 1. The van der Waals surface area contributed by atoms with Gasteiger partial charge in [-0.1, -0.05) is 6.58 Å². The summed E-state index contributed by atoms with van der Waals surface area (Å²) >= 11 is 0. The summed E-state index contributed by atoms with van der Waals surface area (Å²) in [6.07, 6.45) is 1.05. The first-order valence-electron chi connectivity index (χ1n) is 4.21. The van der Waals surface area contributed by atoms with Crippen molar-refractivity contribution in [3.63, 3.8) is 0 Å². The SMILES string of the molecule is C=C(F)C(=O)Nc1c(C)ncc(F)c1C. The Morgan fingerprint density at radius 2 is 2.13 bits per heavy atom. The maximum absolute atomic E-state index is 13.1. The van der Waals surface area contributed by atoms with Crippen LogP contribution < -0.4 is 5.32 Å². The molecule has 0 aliphatic heterocycles. The average molecular weight is 212 g/mol. The molecule has 0 bridgehead atoms. The lowest BCUT2D eigenvalue weighted by Crippen LogP contribution is -2.14. The number of rotatable bonds is 2. The van der Waals surface area contributed by atoms with Gasteiger partial charge >= 0.3 is 0 Å². The van der Waals surface area contributed by atoms with Crippen LogP contribution in [0.15, 0.2) is 18.6 Å². The molecule has 1 amide bonds. The van der Waals surface area contributed by atoms with Crippen molar-refractivity contribution in [1.29, 1.82) is 0 Å². The summed E-state index contributed by atoms with van der Waals surface area (Å²) < 4.78 is 25.5. The van der Waals surface area contributed by atoms with E-state index in [-0.39, 0.29) is 11.3 Å². The number of anilines is 1. The van der Waals surface area contributed by atoms with Gasteiger partial charge in [-0.05, 0) is 13.8 Å². The molecule has 1 rings (SSSR count). The molecule has 15 heavy (non-hydrogen) atoms. The summed E-state index contributed by atoms with van der Waals surface area (Å²) in [5.74, 6) is -2.67. The molecule has 1 aromatic rings. The second-order valence-electron chi connectivity index (χ2n) is 3.05. The largest absolute Gasteiger partial charge is 0.318 e. The monoisotopic (exact) mass is 212 g/mol. The zero-order chi connectivity index (χ0) is 11.6. The molecular weight excluding hydrogens is 202 g/mol. The number of halogens is 2. The van der Waals surface area contributed by atoms with Crippen molar-refractivity contribution in [2.24, 2.45) is 0 Å². The van der Waals surface area contributed by atoms with Crippen LogP contribution in [0.2, 0.25) is 0 Å². The number of pyridine rings is 1. The third-order valence-corrected chi connectivity index (χ3v) is 1.95. The van der Waals surface area contributed by atoms with E-state index in [2.05, 4.69) is 16.9 Å². The summed E-state index contributed by atoms with van der Waals surface area (Å²) in [6, 6.07) is 0. The minimum Gasteiger partial charge on any atom is -0.318 e. The van der Waals surface area contributed by atoms with E-state index in [1.54, 1.807) is 6.92 Å². The van der Waals surface area contributed by atoms with Crippen LogP contribution in [0.25, 0.3) is 0 Å². The third kappa shape index (κ3) is 2.37. The van der Waals surface area contributed by atoms with Crippen molar-refractivity contribution < 1.29 is 13.6 Å². The van der Waals surface area contributed by atoms with E-state index in [1.807, 2.05) is 0 Å². The van der Waals surface area contributed by atoms with Crippen LogP contribution in [0.3, 0.4) is 0 Å². The van der Waals surface area contributed by atoms with E-state index in [0.717, 1.165) is 6.20 Å². The van der Waals surface area contributed by atoms with Crippen LogP contribution in [0.4, 0.5) is 14.5 Å². The number of carbonyl (C=O) groups excluding carboxylic acids is 1. The highest BCUT2D eigenvalue weighted by atomic mass is 19.1. The molecule has 0 atom stereocenters. The summed E-state index contributed by atoms with van der Waals surface area (Å²) in [4.78, 5) is 14.7. The lowest BCUT2D eigenvalue weighted by Gasteiger charge is -2.10. The molecule has 0 unspecified atom stereocenters. The molecule has 0 aliphatic carbocycles. The van der Waals surface area contributed by atoms with Crippen molar-refractivity contribution in [2.45, 2.75) is 13.8 Å². The Bertz CT molecular complexity index is 430. The summed E-state index contributed by atoms with van der Waals surface area (Å²) in [5.41, 5.74) is 0.819. The summed E-state index contributed by atoms with van der Waals surface area (Å²) in [7, 11) is 0. The van der Waals surface area contributed by atoms with Crippen molar-refractivity contribution in [3.05, 3.63) is 35.7 Å². The second-order valence-corrected chi connectivity index (χ2v) is 3.05. The molecule has 0 radical (unpaired) electrons. The highest BCUT2D eigenvalue weighted by molar-refractivity contribution is 6.02. The lowest BCUT2D eigenvalue weighted by atomic mass is 10.2. The van der Waals surface area contributed by atoms with E-state index in [9.17, 15) is 13.6 Å². The van der Waals surface area contributed by atoms with Crippen LogP contribution in [0.5, 0.6) is 0 Å². The summed E-state index contributed by atoms with van der Waals surface area (Å²) in [5, 5.41) is 2.20. The van der Waals surface area contributed by atoms with Gasteiger partial charge in [0, 0.05) is 5.56 Å². The molecule has 80 valence electrons. The first-order chi connectivity index (χ1) is 6.93. The Balaban J connectivity index is 3.09. The molecule has 0 spiro atoms. The lowest BCUT2D eigenvalue weighted by molar-refractivity contribution is -0.114. The predicted octanol–water partition coefficient (Wildman–Crippen LogP) is 2.26. The molecule has 1 aromatic heterocycles. The first kappa shape index (κ1) is 11.3. The van der Waals surface area contributed by atoms with Gasteiger partial charge in [0.15, 0.2) is 5.83 Å². The minimum absolute atomic E-state index is 0.179. The van der Waals surface area contributed by atoms with Gasteiger partial charge in [0.05, 0.1) is 17.6 Å². The minimum atomic E-state index is -1.13. The van der Waals surface area contributed by atoms with Gasteiger partial charge in [-0.25, -0.2) is 8.78 Å². The average Bonchev–Trinajstić information content (AvgIpc) is 2.18. The smallest absolute Gasteiger partial charge is 0.283 e. The zero-order valence-electron chi connectivity index (χ0n) is 8.40. The molecule has 0 aliphatic rings. The quantitative estimate of drug-likeness (QED) is 0.764. The van der Waals surface area contributed by atoms with E-state index in [1.165, 1.54) is 6.92 Å². The Labute approximate surface area is 85.8 Å². The van der Waals surface area contributed by atoms with Crippen LogP contribution in [0, 0.1) is 19.7 Å². The Morgan fingerprint density at radius 1 is 1.53 bits per heavy atom. The molecule has 1 heterocycles. The third-order valence-electron chi connectivity index (χ3n) is 1.95. The molecule has 5 heteroatoms. The molecular formula is C10H10F2N2O. The van der Waals surface area contributed by atoms with Crippen LogP contribution in [0.1, 0.15) is 11.3 Å². The van der Waals surface area contributed by atoms with Crippen molar-refractivity contribution in [2.75, 3.05) is 5.32 Å². The van der Waals surface area contributed by atoms with Crippen LogP contribution in [-0.4, -0.2) is 10.9 Å². The fourth-order valence-electron chi connectivity index (χ4n) is 1.07. The normalized spacial score (nSPS) is 9.87.